The van der Waals surface area contributed by atoms with E-state index in [-0.39, 0.29) is 16.4 Å². The summed E-state index contributed by atoms with van der Waals surface area (Å²) in [4.78, 5) is 2.45. The predicted molar refractivity (Wildman–Crippen MR) is 97.8 cm³/mol. The van der Waals surface area contributed by atoms with Crippen LogP contribution < -0.4 is 4.83 Å². The minimum Gasteiger partial charge on any atom is -0.504 e. The van der Waals surface area contributed by atoms with E-state index in [9.17, 15) is 18.6 Å². The van der Waals surface area contributed by atoms with E-state index in [1.165, 1.54) is 24.4 Å². The van der Waals surface area contributed by atoms with E-state index in [1.54, 1.807) is 13.8 Å². The number of benzene rings is 2. The molecule has 25 heavy (non-hydrogen) atoms. The fourth-order valence-corrected chi connectivity index (χ4v) is 4.10. The zero-order valence-corrected chi connectivity index (χ0v) is 15.7. The SMILES string of the molecule is Cc1c(C)c(C)c(S(=O)(=O)NN=Cc2ccc(O)c(O)c2)c(C)c1C. The number of hydrogen-bond acceptors (Lipinski definition) is 5. The number of hydrazone groups is 1. The molecule has 0 saturated carbocycles. The Hall–Kier alpha value is -2.54. The van der Waals surface area contributed by atoms with Gasteiger partial charge in [0.25, 0.3) is 10.0 Å². The lowest BCUT2D eigenvalue weighted by Crippen LogP contribution is -2.22. The van der Waals surface area contributed by atoms with Crippen LogP contribution in [0, 0.1) is 34.6 Å². The lowest BCUT2D eigenvalue weighted by atomic mass is 9.95. The highest BCUT2D eigenvalue weighted by Gasteiger charge is 2.23. The van der Waals surface area contributed by atoms with Gasteiger partial charge >= 0.3 is 0 Å². The second-order valence-corrected chi connectivity index (χ2v) is 7.65. The molecule has 0 spiro atoms. The Morgan fingerprint density at radius 2 is 1.40 bits per heavy atom. The van der Waals surface area contributed by atoms with Crippen molar-refractivity contribution in [1.82, 2.24) is 4.83 Å². The molecule has 0 radical (unpaired) electrons. The minimum atomic E-state index is -3.83. The van der Waals surface area contributed by atoms with Crippen LogP contribution in [0.4, 0.5) is 0 Å². The van der Waals surface area contributed by atoms with Crippen LogP contribution in [-0.4, -0.2) is 24.8 Å². The average Bonchev–Trinajstić information content (AvgIpc) is 2.54. The lowest BCUT2D eigenvalue weighted by molar-refractivity contribution is 0.403. The Morgan fingerprint density at radius 1 is 0.880 bits per heavy atom. The summed E-state index contributed by atoms with van der Waals surface area (Å²) in [5.41, 5.74) is 4.81. The molecule has 0 fully saturated rings. The molecule has 0 saturated heterocycles. The highest BCUT2D eigenvalue weighted by molar-refractivity contribution is 7.89. The van der Waals surface area contributed by atoms with E-state index in [4.69, 9.17) is 0 Å². The maximum absolute atomic E-state index is 12.7. The van der Waals surface area contributed by atoms with Crippen molar-refractivity contribution in [2.24, 2.45) is 5.10 Å². The standard InChI is InChI=1S/C18H22N2O4S/c1-10-11(2)13(4)18(14(5)12(10)3)25(23,24)20-19-9-15-6-7-16(21)17(22)8-15/h6-9,20-22H,1-5H3. The molecule has 2 aromatic rings. The molecule has 0 atom stereocenters. The van der Waals surface area contributed by atoms with Crippen molar-refractivity contribution < 1.29 is 18.6 Å². The summed E-state index contributed by atoms with van der Waals surface area (Å²) in [5.74, 6) is -0.558. The normalized spacial score (nSPS) is 11.9. The fourth-order valence-electron chi connectivity index (χ4n) is 2.71. The van der Waals surface area contributed by atoms with Gasteiger partial charge in [-0.25, -0.2) is 4.83 Å². The number of phenolic OH excluding ortho intramolecular Hbond substituents is 2. The van der Waals surface area contributed by atoms with Gasteiger partial charge in [0.15, 0.2) is 11.5 Å². The van der Waals surface area contributed by atoms with Crippen LogP contribution in [0.5, 0.6) is 11.5 Å². The molecule has 2 aromatic carbocycles. The second kappa shape index (κ2) is 6.76. The summed E-state index contributed by atoms with van der Waals surface area (Å²) in [6, 6.07) is 4.08. The molecule has 0 aromatic heterocycles. The van der Waals surface area contributed by atoms with Gasteiger partial charge in [0, 0.05) is 0 Å². The quantitative estimate of drug-likeness (QED) is 0.442. The van der Waals surface area contributed by atoms with E-state index < -0.39 is 10.0 Å². The molecule has 3 N–H and O–H groups in total. The van der Waals surface area contributed by atoms with Crippen molar-refractivity contribution in [3.05, 3.63) is 51.6 Å². The smallest absolute Gasteiger partial charge is 0.277 e. The molecule has 0 heterocycles. The van der Waals surface area contributed by atoms with Crippen molar-refractivity contribution >= 4 is 16.2 Å². The summed E-state index contributed by atoms with van der Waals surface area (Å²) in [6.07, 6.45) is 1.26. The summed E-state index contributed by atoms with van der Waals surface area (Å²) in [5, 5.41) is 22.5. The molecule has 7 heteroatoms. The molecule has 2 rings (SSSR count). The molecule has 0 aliphatic heterocycles. The van der Waals surface area contributed by atoms with Gasteiger partial charge in [-0.3, -0.25) is 0 Å². The predicted octanol–water partition coefficient (Wildman–Crippen LogP) is 2.95. The zero-order valence-electron chi connectivity index (χ0n) is 14.9. The Morgan fingerprint density at radius 3 is 1.92 bits per heavy atom. The van der Waals surface area contributed by atoms with Crippen LogP contribution in [-0.2, 0) is 10.0 Å². The number of rotatable bonds is 4. The van der Waals surface area contributed by atoms with Crippen molar-refractivity contribution in [2.75, 3.05) is 0 Å². The minimum absolute atomic E-state index is 0.235. The number of aromatic hydroxyl groups is 2. The van der Waals surface area contributed by atoms with Gasteiger partial charge in [0.1, 0.15) is 0 Å². The lowest BCUT2D eigenvalue weighted by Gasteiger charge is -2.18. The molecule has 6 nitrogen and oxygen atoms in total. The van der Waals surface area contributed by atoms with Gasteiger partial charge in [-0.2, -0.15) is 13.5 Å². The van der Waals surface area contributed by atoms with Crippen LogP contribution in [0.15, 0.2) is 28.2 Å². The van der Waals surface area contributed by atoms with Gasteiger partial charge in [-0.15, -0.1) is 0 Å². The molecule has 0 bridgehead atoms. The molecule has 134 valence electrons. The van der Waals surface area contributed by atoms with Crippen molar-refractivity contribution in [3.63, 3.8) is 0 Å². The Kier molecular flexibility index (Phi) is 5.08. The van der Waals surface area contributed by atoms with Gasteiger partial charge in [-0.1, -0.05) is 0 Å². The van der Waals surface area contributed by atoms with E-state index >= 15 is 0 Å². The van der Waals surface area contributed by atoms with Gasteiger partial charge in [0.2, 0.25) is 0 Å². The van der Waals surface area contributed by atoms with E-state index in [1.807, 2.05) is 20.8 Å². The van der Waals surface area contributed by atoms with Crippen LogP contribution in [0.25, 0.3) is 0 Å². The van der Waals surface area contributed by atoms with E-state index in [0.29, 0.717) is 16.7 Å². The first kappa shape index (κ1) is 18.8. The van der Waals surface area contributed by atoms with Crippen LogP contribution in [0.1, 0.15) is 33.4 Å². The monoisotopic (exact) mass is 362 g/mol. The first-order chi connectivity index (χ1) is 11.6. The van der Waals surface area contributed by atoms with Crippen LogP contribution >= 0.6 is 0 Å². The van der Waals surface area contributed by atoms with Crippen LogP contribution in [0.2, 0.25) is 0 Å². The van der Waals surface area contributed by atoms with Gasteiger partial charge < -0.3 is 10.2 Å². The van der Waals surface area contributed by atoms with Gasteiger partial charge in [-0.05, 0) is 86.2 Å². The van der Waals surface area contributed by atoms with Gasteiger partial charge in [0.05, 0.1) is 11.1 Å². The molecule has 0 amide bonds. The molecular formula is C18H22N2O4S. The van der Waals surface area contributed by atoms with Crippen LogP contribution in [0.3, 0.4) is 0 Å². The maximum Gasteiger partial charge on any atom is 0.277 e. The topological polar surface area (TPSA) is 99.0 Å². The maximum atomic E-state index is 12.7. The number of nitrogens with one attached hydrogen (secondary N) is 1. The largest absolute Gasteiger partial charge is 0.504 e. The first-order valence-electron chi connectivity index (χ1n) is 7.70. The highest BCUT2D eigenvalue weighted by Crippen LogP contribution is 2.29. The molecule has 0 unspecified atom stereocenters. The summed E-state index contributed by atoms with van der Waals surface area (Å²) < 4.78 is 25.4. The third-order valence-corrected chi connectivity index (χ3v) is 6.08. The second-order valence-electron chi connectivity index (χ2n) is 6.06. The van der Waals surface area contributed by atoms with E-state index in [0.717, 1.165) is 16.7 Å². The number of phenols is 2. The number of hydrogen-bond donors (Lipinski definition) is 3. The highest BCUT2D eigenvalue weighted by atomic mass is 32.2. The fraction of sp³-hybridized carbons (Fsp3) is 0.278. The van der Waals surface area contributed by atoms with Crippen molar-refractivity contribution in [1.29, 1.82) is 0 Å². The Balaban J connectivity index is 2.37. The van der Waals surface area contributed by atoms with Crippen molar-refractivity contribution in [2.45, 2.75) is 39.5 Å². The number of nitrogens with zero attached hydrogens (tertiary/aromatic N) is 1. The molecule has 0 aliphatic rings. The molecular weight excluding hydrogens is 340 g/mol. The Labute approximate surface area is 147 Å². The third kappa shape index (κ3) is 3.61. The third-order valence-electron chi connectivity index (χ3n) is 4.59. The van der Waals surface area contributed by atoms with E-state index in [2.05, 4.69) is 9.93 Å². The zero-order chi connectivity index (χ0) is 18.9. The average molecular weight is 362 g/mol. The summed E-state index contributed by atoms with van der Waals surface area (Å²) in [6.45, 7) is 9.34. The number of sulfonamides is 1. The summed E-state index contributed by atoms with van der Waals surface area (Å²) in [7, 11) is -3.83. The first-order valence-corrected chi connectivity index (χ1v) is 9.18. The van der Waals surface area contributed by atoms with Crippen molar-refractivity contribution in [3.8, 4) is 11.5 Å². The summed E-state index contributed by atoms with van der Waals surface area (Å²) >= 11 is 0. The molecule has 0 aliphatic carbocycles. The Bertz CT molecular complexity index is 935.